The molecule has 2 amide bonds. The van der Waals surface area contributed by atoms with Crippen molar-refractivity contribution in [2.45, 2.75) is 0 Å². The molecule has 0 aliphatic heterocycles. The van der Waals surface area contributed by atoms with Crippen LogP contribution in [0.3, 0.4) is 0 Å². The van der Waals surface area contributed by atoms with E-state index in [9.17, 15) is 9.59 Å². The van der Waals surface area contributed by atoms with Crippen molar-refractivity contribution in [1.82, 2.24) is 0 Å². The van der Waals surface area contributed by atoms with Crippen LogP contribution in [0.15, 0.2) is 78.9 Å². The second kappa shape index (κ2) is 8.87. The number of benzene rings is 3. The molecule has 2 N–H and O–H groups in total. The minimum absolute atomic E-state index is 0.125. The molecule has 3 rings (SSSR count). The summed E-state index contributed by atoms with van der Waals surface area (Å²) in [7, 11) is 0. The fourth-order valence-corrected chi connectivity index (χ4v) is 2.51. The Hall–Kier alpha value is -3.31. The Morgan fingerprint density at radius 3 is 2.19 bits per heavy atom. The van der Waals surface area contributed by atoms with E-state index in [1.807, 2.05) is 18.2 Å². The predicted octanol–water partition coefficient (Wildman–Crippen LogP) is 4.61. The van der Waals surface area contributed by atoms with Gasteiger partial charge in [0.1, 0.15) is 5.75 Å². The van der Waals surface area contributed by atoms with Gasteiger partial charge in [0, 0.05) is 11.3 Å². The molecule has 0 radical (unpaired) electrons. The monoisotopic (exact) mass is 380 g/mol. The van der Waals surface area contributed by atoms with Gasteiger partial charge in [0.25, 0.3) is 11.8 Å². The first kappa shape index (κ1) is 18.5. The summed E-state index contributed by atoms with van der Waals surface area (Å²) in [6, 6.07) is 22.7. The van der Waals surface area contributed by atoms with Crippen LogP contribution in [0, 0.1) is 0 Å². The highest BCUT2D eigenvalue weighted by atomic mass is 35.5. The summed E-state index contributed by atoms with van der Waals surface area (Å²) in [6.45, 7) is -0.125. The third-order valence-corrected chi connectivity index (χ3v) is 4.00. The number of nitrogens with one attached hydrogen (secondary N) is 2. The molecule has 0 saturated carbocycles. The summed E-state index contributed by atoms with van der Waals surface area (Å²) in [6.07, 6.45) is 0. The molecule has 5 nitrogen and oxygen atoms in total. The van der Waals surface area contributed by atoms with Crippen LogP contribution in [0.5, 0.6) is 5.75 Å². The summed E-state index contributed by atoms with van der Waals surface area (Å²) in [5, 5.41) is 5.95. The van der Waals surface area contributed by atoms with Gasteiger partial charge < -0.3 is 15.4 Å². The highest BCUT2D eigenvalue weighted by molar-refractivity contribution is 6.33. The van der Waals surface area contributed by atoms with E-state index in [4.69, 9.17) is 16.3 Å². The van der Waals surface area contributed by atoms with Crippen molar-refractivity contribution in [3.05, 3.63) is 89.4 Å². The lowest BCUT2D eigenvalue weighted by molar-refractivity contribution is -0.118. The van der Waals surface area contributed by atoms with Crippen molar-refractivity contribution < 1.29 is 14.3 Å². The molecule has 0 aromatic heterocycles. The minimum atomic E-state index is -0.281. The molecule has 0 heterocycles. The van der Waals surface area contributed by atoms with Gasteiger partial charge in [0.15, 0.2) is 6.61 Å². The molecule has 0 spiro atoms. The maximum Gasteiger partial charge on any atom is 0.262 e. The van der Waals surface area contributed by atoms with E-state index >= 15 is 0 Å². The summed E-state index contributed by atoms with van der Waals surface area (Å²) < 4.78 is 5.45. The molecule has 3 aromatic rings. The number of carbonyl (C=O) groups is 2. The topological polar surface area (TPSA) is 67.4 Å². The zero-order chi connectivity index (χ0) is 19.1. The van der Waals surface area contributed by atoms with Crippen LogP contribution in [-0.2, 0) is 4.79 Å². The fourth-order valence-electron chi connectivity index (χ4n) is 2.33. The Balaban J connectivity index is 1.53. The number of anilines is 2. The van der Waals surface area contributed by atoms with Crippen molar-refractivity contribution in [3.8, 4) is 5.75 Å². The van der Waals surface area contributed by atoms with E-state index in [0.29, 0.717) is 27.7 Å². The van der Waals surface area contributed by atoms with Crippen LogP contribution >= 0.6 is 11.6 Å². The number of rotatable bonds is 6. The highest BCUT2D eigenvalue weighted by Crippen LogP contribution is 2.21. The molecular weight excluding hydrogens is 364 g/mol. The van der Waals surface area contributed by atoms with Crippen LogP contribution < -0.4 is 15.4 Å². The summed E-state index contributed by atoms with van der Waals surface area (Å²) in [5.41, 5.74) is 1.70. The molecule has 0 fully saturated rings. The summed E-state index contributed by atoms with van der Waals surface area (Å²) in [4.78, 5) is 24.2. The number of ether oxygens (including phenoxy) is 1. The quantitative estimate of drug-likeness (QED) is 0.656. The SMILES string of the molecule is O=C(COc1ccc(C(=O)Nc2ccccc2Cl)cc1)Nc1ccccc1. The molecule has 0 unspecified atom stereocenters. The molecule has 0 atom stereocenters. The Morgan fingerprint density at radius 1 is 0.815 bits per heavy atom. The number of carbonyl (C=O) groups excluding carboxylic acids is 2. The van der Waals surface area contributed by atoms with Gasteiger partial charge in [0.05, 0.1) is 10.7 Å². The van der Waals surface area contributed by atoms with Crippen LogP contribution in [0.1, 0.15) is 10.4 Å². The molecule has 3 aromatic carbocycles. The number of halogens is 1. The van der Waals surface area contributed by atoms with Crippen LogP contribution in [0.4, 0.5) is 11.4 Å². The first-order chi connectivity index (χ1) is 13.1. The van der Waals surface area contributed by atoms with Gasteiger partial charge in [-0.25, -0.2) is 0 Å². The molecule has 6 heteroatoms. The zero-order valence-corrected chi connectivity index (χ0v) is 15.1. The second-order valence-electron chi connectivity index (χ2n) is 5.66. The Morgan fingerprint density at radius 2 is 1.48 bits per heavy atom. The summed E-state index contributed by atoms with van der Waals surface area (Å²) >= 11 is 6.04. The average molecular weight is 381 g/mol. The highest BCUT2D eigenvalue weighted by Gasteiger charge is 2.09. The number of amides is 2. The first-order valence-electron chi connectivity index (χ1n) is 8.25. The standard InChI is InChI=1S/C21H17ClN2O3/c22-18-8-4-5-9-19(18)24-21(26)15-10-12-17(13-11-15)27-14-20(25)23-16-6-2-1-3-7-16/h1-13H,14H2,(H,23,25)(H,24,26). The molecule has 0 aliphatic rings. The van der Waals surface area contributed by atoms with Gasteiger partial charge in [-0.2, -0.15) is 0 Å². The van der Waals surface area contributed by atoms with Crippen molar-refractivity contribution in [1.29, 1.82) is 0 Å². The molecule has 0 bridgehead atoms. The largest absolute Gasteiger partial charge is 0.484 e. The van der Waals surface area contributed by atoms with Gasteiger partial charge in [-0.15, -0.1) is 0 Å². The number of hydrogen-bond donors (Lipinski definition) is 2. The Kier molecular flexibility index (Phi) is 6.07. The van der Waals surface area contributed by atoms with E-state index in [2.05, 4.69) is 10.6 Å². The lowest BCUT2D eigenvalue weighted by Gasteiger charge is -2.09. The normalized spacial score (nSPS) is 10.1. The van der Waals surface area contributed by atoms with Gasteiger partial charge in [-0.1, -0.05) is 41.9 Å². The maximum absolute atomic E-state index is 12.3. The van der Waals surface area contributed by atoms with Crippen molar-refractivity contribution in [2.24, 2.45) is 0 Å². The Bertz CT molecular complexity index is 928. The number of hydrogen-bond acceptors (Lipinski definition) is 3. The van der Waals surface area contributed by atoms with Gasteiger partial charge in [-0.3, -0.25) is 9.59 Å². The smallest absolute Gasteiger partial charge is 0.262 e. The fraction of sp³-hybridized carbons (Fsp3) is 0.0476. The Labute approximate surface area is 161 Å². The van der Waals surface area contributed by atoms with E-state index < -0.39 is 0 Å². The zero-order valence-electron chi connectivity index (χ0n) is 14.3. The second-order valence-corrected chi connectivity index (χ2v) is 6.07. The van der Waals surface area contributed by atoms with Crippen LogP contribution in [0.2, 0.25) is 5.02 Å². The molecular formula is C21H17ClN2O3. The third kappa shape index (κ3) is 5.33. The van der Waals surface area contributed by atoms with Crippen LogP contribution in [0.25, 0.3) is 0 Å². The third-order valence-electron chi connectivity index (χ3n) is 3.67. The molecule has 0 saturated heterocycles. The van der Waals surface area contributed by atoms with E-state index in [1.165, 1.54) is 0 Å². The predicted molar refractivity (Wildman–Crippen MR) is 106 cm³/mol. The minimum Gasteiger partial charge on any atom is -0.484 e. The van der Waals surface area contributed by atoms with Gasteiger partial charge in [0.2, 0.25) is 0 Å². The average Bonchev–Trinajstić information content (AvgIpc) is 2.69. The van der Waals surface area contributed by atoms with Gasteiger partial charge >= 0.3 is 0 Å². The maximum atomic E-state index is 12.3. The van der Waals surface area contributed by atoms with E-state index in [0.717, 1.165) is 0 Å². The lowest BCUT2D eigenvalue weighted by Crippen LogP contribution is -2.20. The first-order valence-corrected chi connectivity index (χ1v) is 8.63. The summed E-state index contributed by atoms with van der Waals surface area (Å²) in [5.74, 6) is -0.0503. The van der Waals surface area contributed by atoms with Crippen molar-refractivity contribution >= 4 is 34.8 Å². The van der Waals surface area contributed by atoms with Crippen molar-refractivity contribution in [2.75, 3.05) is 17.2 Å². The molecule has 136 valence electrons. The number of para-hydroxylation sites is 2. The van der Waals surface area contributed by atoms with E-state index in [-0.39, 0.29) is 18.4 Å². The van der Waals surface area contributed by atoms with E-state index in [1.54, 1.807) is 60.7 Å². The molecule has 27 heavy (non-hydrogen) atoms. The van der Waals surface area contributed by atoms with Gasteiger partial charge in [-0.05, 0) is 48.5 Å². The molecule has 0 aliphatic carbocycles. The lowest BCUT2D eigenvalue weighted by atomic mass is 10.2. The van der Waals surface area contributed by atoms with Crippen molar-refractivity contribution in [3.63, 3.8) is 0 Å². The van der Waals surface area contributed by atoms with Crippen LogP contribution in [-0.4, -0.2) is 18.4 Å².